The van der Waals surface area contributed by atoms with Gasteiger partial charge in [0.2, 0.25) is 5.91 Å². The Labute approximate surface area is 156 Å². The SMILES string of the molecule is Cc1cccc(OCCC(=O)NNC(=O)c2cc(-c3ccccc3)n[nH]2)c1. The van der Waals surface area contributed by atoms with E-state index in [9.17, 15) is 9.59 Å². The summed E-state index contributed by atoms with van der Waals surface area (Å²) in [4.78, 5) is 23.9. The molecule has 1 aromatic heterocycles. The first-order chi connectivity index (χ1) is 13.1. The largest absolute Gasteiger partial charge is 0.493 e. The van der Waals surface area contributed by atoms with E-state index in [1.165, 1.54) is 0 Å². The number of aromatic nitrogens is 2. The molecule has 0 unspecified atom stereocenters. The summed E-state index contributed by atoms with van der Waals surface area (Å²) in [5.41, 5.74) is 7.60. The molecule has 1 heterocycles. The Morgan fingerprint density at radius 2 is 1.85 bits per heavy atom. The Hall–Kier alpha value is -3.61. The van der Waals surface area contributed by atoms with Gasteiger partial charge in [0.15, 0.2) is 0 Å². The number of hydrogen-bond acceptors (Lipinski definition) is 4. The van der Waals surface area contributed by atoms with Crippen LogP contribution in [0.5, 0.6) is 5.75 Å². The third-order valence-electron chi connectivity index (χ3n) is 3.79. The zero-order chi connectivity index (χ0) is 19.1. The molecule has 138 valence electrons. The number of rotatable bonds is 6. The van der Waals surface area contributed by atoms with Gasteiger partial charge in [0, 0.05) is 5.56 Å². The van der Waals surface area contributed by atoms with Crippen LogP contribution in [-0.4, -0.2) is 28.6 Å². The van der Waals surface area contributed by atoms with Crippen LogP contribution in [0, 0.1) is 6.92 Å². The lowest BCUT2D eigenvalue weighted by atomic mass is 10.1. The maximum absolute atomic E-state index is 12.1. The molecule has 0 atom stereocenters. The third-order valence-corrected chi connectivity index (χ3v) is 3.79. The summed E-state index contributed by atoms with van der Waals surface area (Å²) in [5, 5.41) is 6.77. The highest BCUT2D eigenvalue weighted by atomic mass is 16.5. The lowest BCUT2D eigenvalue weighted by molar-refractivity contribution is -0.122. The lowest BCUT2D eigenvalue weighted by Crippen LogP contribution is -2.42. The number of aromatic amines is 1. The molecular weight excluding hydrogens is 344 g/mol. The average molecular weight is 364 g/mol. The van der Waals surface area contributed by atoms with Crippen LogP contribution < -0.4 is 15.6 Å². The summed E-state index contributed by atoms with van der Waals surface area (Å²) in [6.45, 7) is 2.18. The smallest absolute Gasteiger partial charge is 0.287 e. The van der Waals surface area contributed by atoms with Gasteiger partial charge in [-0.05, 0) is 30.7 Å². The molecule has 0 spiro atoms. The minimum Gasteiger partial charge on any atom is -0.493 e. The van der Waals surface area contributed by atoms with Gasteiger partial charge in [-0.25, -0.2) is 0 Å². The molecule has 0 aliphatic carbocycles. The van der Waals surface area contributed by atoms with Crippen LogP contribution in [0.2, 0.25) is 0 Å². The van der Waals surface area contributed by atoms with Crippen molar-refractivity contribution in [1.29, 1.82) is 0 Å². The standard InChI is InChI=1S/C20H20N4O3/c1-14-6-5-9-16(12-14)27-11-10-19(25)23-24-20(26)18-13-17(21-22-18)15-7-3-2-4-8-15/h2-9,12-13H,10-11H2,1H3,(H,21,22)(H,23,25)(H,24,26). The van der Waals surface area contributed by atoms with Crippen molar-refractivity contribution < 1.29 is 14.3 Å². The zero-order valence-electron chi connectivity index (χ0n) is 14.9. The molecule has 2 amide bonds. The van der Waals surface area contributed by atoms with Crippen molar-refractivity contribution in [3.05, 3.63) is 71.9 Å². The summed E-state index contributed by atoms with van der Waals surface area (Å²) < 4.78 is 5.51. The Kier molecular flexibility index (Phi) is 5.84. The molecule has 0 aliphatic heterocycles. The van der Waals surface area contributed by atoms with Crippen molar-refractivity contribution in [3.8, 4) is 17.0 Å². The number of hydrogen-bond donors (Lipinski definition) is 3. The first-order valence-corrected chi connectivity index (χ1v) is 8.51. The van der Waals surface area contributed by atoms with E-state index in [4.69, 9.17) is 4.74 Å². The van der Waals surface area contributed by atoms with Crippen LogP contribution in [0.25, 0.3) is 11.3 Å². The molecular formula is C20H20N4O3. The number of amides is 2. The number of hydrazine groups is 1. The van der Waals surface area contributed by atoms with E-state index in [1.807, 2.05) is 61.5 Å². The van der Waals surface area contributed by atoms with E-state index in [-0.39, 0.29) is 24.6 Å². The second kappa shape index (κ2) is 8.66. The number of nitrogens with zero attached hydrogens (tertiary/aromatic N) is 1. The van der Waals surface area contributed by atoms with E-state index in [1.54, 1.807) is 6.07 Å². The average Bonchev–Trinajstić information content (AvgIpc) is 3.17. The van der Waals surface area contributed by atoms with Gasteiger partial charge in [-0.3, -0.25) is 25.5 Å². The second-order valence-corrected chi connectivity index (χ2v) is 5.95. The summed E-state index contributed by atoms with van der Waals surface area (Å²) in [5.74, 6) is -0.117. The van der Waals surface area contributed by atoms with E-state index in [0.717, 1.165) is 11.1 Å². The Morgan fingerprint density at radius 1 is 1.04 bits per heavy atom. The van der Waals surface area contributed by atoms with Crippen LogP contribution in [0.4, 0.5) is 0 Å². The fourth-order valence-electron chi connectivity index (χ4n) is 2.42. The summed E-state index contributed by atoms with van der Waals surface area (Å²) in [7, 11) is 0. The molecule has 0 fully saturated rings. The molecule has 7 nitrogen and oxygen atoms in total. The molecule has 0 aliphatic rings. The maximum atomic E-state index is 12.1. The number of carbonyl (C=O) groups excluding carboxylic acids is 2. The van der Waals surface area contributed by atoms with Gasteiger partial charge in [0.25, 0.3) is 5.91 Å². The van der Waals surface area contributed by atoms with Crippen LogP contribution >= 0.6 is 0 Å². The molecule has 3 aromatic rings. The number of carbonyl (C=O) groups is 2. The molecule has 0 radical (unpaired) electrons. The monoisotopic (exact) mass is 364 g/mol. The molecule has 7 heteroatoms. The van der Waals surface area contributed by atoms with Crippen molar-refractivity contribution in [2.45, 2.75) is 13.3 Å². The van der Waals surface area contributed by atoms with Crippen LogP contribution in [-0.2, 0) is 4.79 Å². The van der Waals surface area contributed by atoms with E-state index < -0.39 is 5.91 Å². The van der Waals surface area contributed by atoms with Crippen LogP contribution in [0.3, 0.4) is 0 Å². The van der Waals surface area contributed by atoms with Crippen molar-refractivity contribution in [2.75, 3.05) is 6.61 Å². The molecule has 0 saturated heterocycles. The molecule has 3 rings (SSSR count). The van der Waals surface area contributed by atoms with Gasteiger partial charge < -0.3 is 4.74 Å². The predicted octanol–water partition coefficient (Wildman–Crippen LogP) is 2.62. The summed E-state index contributed by atoms with van der Waals surface area (Å²) in [6.07, 6.45) is 0.118. The molecule has 27 heavy (non-hydrogen) atoms. The number of nitrogens with one attached hydrogen (secondary N) is 3. The minimum absolute atomic E-state index is 0.118. The fourth-order valence-corrected chi connectivity index (χ4v) is 2.42. The second-order valence-electron chi connectivity index (χ2n) is 5.95. The number of benzene rings is 2. The maximum Gasteiger partial charge on any atom is 0.287 e. The van der Waals surface area contributed by atoms with Gasteiger partial charge in [0.1, 0.15) is 11.4 Å². The number of ether oxygens (including phenoxy) is 1. The topological polar surface area (TPSA) is 96.1 Å². The van der Waals surface area contributed by atoms with Gasteiger partial charge in [-0.1, -0.05) is 42.5 Å². The molecule has 3 N–H and O–H groups in total. The highest BCUT2D eigenvalue weighted by Crippen LogP contribution is 2.16. The van der Waals surface area contributed by atoms with Crippen LogP contribution in [0.1, 0.15) is 22.5 Å². The van der Waals surface area contributed by atoms with E-state index >= 15 is 0 Å². The minimum atomic E-state index is -0.474. The zero-order valence-corrected chi connectivity index (χ0v) is 14.9. The van der Waals surface area contributed by atoms with E-state index in [0.29, 0.717) is 11.4 Å². The van der Waals surface area contributed by atoms with Gasteiger partial charge in [-0.15, -0.1) is 0 Å². The Balaban J connectivity index is 1.43. The molecule has 0 bridgehead atoms. The number of aryl methyl sites for hydroxylation is 1. The number of H-pyrrole nitrogens is 1. The van der Waals surface area contributed by atoms with Crippen LogP contribution in [0.15, 0.2) is 60.7 Å². The van der Waals surface area contributed by atoms with Crippen molar-refractivity contribution in [2.24, 2.45) is 0 Å². The summed E-state index contributed by atoms with van der Waals surface area (Å²) >= 11 is 0. The molecule has 2 aromatic carbocycles. The van der Waals surface area contributed by atoms with Crippen molar-refractivity contribution in [3.63, 3.8) is 0 Å². The lowest BCUT2D eigenvalue weighted by Gasteiger charge is -2.08. The van der Waals surface area contributed by atoms with Crippen molar-refractivity contribution in [1.82, 2.24) is 21.0 Å². The normalized spacial score (nSPS) is 10.3. The van der Waals surface area contributed by atoms with Gasteiger partial charge in [0.05, 0.1) is 18.7 Å². The highest BCUT2D eigenvalue weighted by molar-refractivity contribution is 5.94. The van der Waals surface area contributed by atoms with E-state index in [2.05, 4.69) is 21.0 Å². The quantitative estimate of drug-likeness (QED) is 0.586. The fraction of sp³-hybridized carbons (Fsp3) is 0.150. The third kappa shape index (κ3) is 5.18. The highest BCUT2D eigenvalue weighted by Gasteiger charge is 2.12. The van der Waals surface area contributed by atoms with Gasteiger partial charge in [-0.2, -0.15) is 5.10 Å². The Bertz CT molecular complexity index is 922. The molecule has 0 saturated carbocycles. The Morgan fingerprint density at radius 3 is 2.63 bits per heavy atom. The predicted molar refractivity (Wildman–Crippen MR) is 101 cm³/mol. The first kappa shape index (κ1) is 18.2. The van der Waals surface area contributed by atoms with Crippen molar-refractivity contribution >= 4 is 11.8 Å². The van der Waals surface area contributed by atoms with Gasteiger partial charge >= 0.3 is 0 Å². The summed E-state index contributed by atoms with van der Waals surface area (Å²) in [6, 6.07) is 18.7. The first-order valence-electron chi connectivity index (χ1n) is 8.51.